The lowest BCUT2D eigenvalue weighted by molar-refractivity contribution is 0.535. The number of aromatic amines is 1. The van der Waals surface area contributed by atoms with Gasteiger partial charge in [0.15, 0.2) is 0 Å². The van der Waals surface area contributed by atoms with Crippen LogP contribution in [0.5, 0.6) is 0 Å². The van der Waals surface area contributed by atoms with Gasteiger partial charge in [0.2, 0.25) is 0 Å². The van der Waals surface area contributed by atoms with Gasteiger partial charge in [0.1, 0.15) is 5.82 Å². The van der Waals surface area contributed by atoms with Gasteiger partial charge in [-0.1, -0.05) is 23.7 Å². The summed E-state index contributed by atoms with van der Waals surface area (Å²) in [6.07, 6.45) is 4.55. The average Bonchev–Trinajstić information content (AvgIpc) is 2.79. The van der Waals surface area contributed by atoms with E-state index in [1.807, 2.05) is 24.4 Å². The SMILES string of the molecule is CC(Cc1cccc(Cl)c1)NCc1ncc[nH]1. The maximum Gasteiger partial charge on any atom is 0.120 e. The van der Waals surface area contributed by atoms with E-state index < -0.39 is 0 Å². The lowest BCUT2D eigenvalue weighted by atomic mass is 10.1. The number of hydrogen-bond acceptors (Lipinski definition) is 2. The highest BCUT2D eigenvalue weighted by Crippen LogP contribution is 2.12. The Balaban J connectivity index is 1.83. The Hall–Kier alpha value is -1.32. The number of H-pyrrole nitrogens is 1. The summed E-state index contributed by atoms with van der Waals surface area (Å²) < 4.78 is 0. The van der Waals surface area contributed by atoms with Crippen LogP contribution in [-0.2, 0) is 13.0 Å². The standard InChI is InChI=1S/C13H16ClN3/c1-10(17-9-13-15-5-6-16-13)7-11-3-2-4-12(14)8-11/h2-6,8,10,17H,7,9H2,1H3,(H,15,16). The van der Waals surface area contributed by atoms with Gasteiger partial charge in [-0.15, -0.1) is 0 Å². The predicted octanol–water partition coefficient (Wildman–Crippen LogP) is 2.78. The molecule has 0 aliphatic carbocycles. The Morgan fingerprint density at radius 1 is 1.47 bits per heavy atom. The maximum absolute atomic E-state index is 5.95. The van der Waals surface area contributed by atoms with Gasteiger partial charge in [-0.3, -0.25) is 0 Å². The number of imidazole rings is 1. The van der Waals surface area contributed by atoms with Crippen LogP contribution in [-0.4, -0.2) is 16.0 Å². The summed E-state index contributed by atoms with van der Waals surface area (Å²) >= 11 is 5.95. The molecule has 0 radical (unpaired) electrons. The van der Waals surface area contributed by atoms with Crippen LogP contribution in [0.25, 0.3) is 0 Å². The molecule has 0 saturated carbocycles. The molecule has 1 unspecified atom stereocenters. The Morgan fingerprint density at radius 2 is 2.35 bits per heavy atom. The zero-order valence-electron chi connectivity index (χ0n) is 9.78. The number of hydrogen-bond donors (Lipinski definition) is 2. The van der Waals surface area contributed by atoms with Crippen molar-refractivity contribution in [1.29, 1.82) is 0 Å². The summed E-state index contributed by atoms with van der Waals surface area (Å²) in [5.41, 5.74) is 1.25. The summed E-state index contributed by atoms with van der Waals surface area (Å²) in [7, 11) is 0. The Labute approximate surface area is 106 Å². The van der Waals surface area contributed by atoms with E-state index in [9.17, 15) is 0 Å². The molecule has 4 heteroatoms. The third-order valence-corrected chi connectivity index (χ3v) is 2.84. The fourth-order valence-electron chi connectivity index (χ4n) is 1.76. The van der Waals surface area contributed by atoms with E-state index in [1.165, 1.54) is 5.56 Å². The summed E-state index contributed by atoms with van der Waals surface area (Å²) in [6.45, 7) is 2.92. The van der Waals surface area contributed by atoms with Crippen LogP contribution in [0.4, 0.5) is 0 Å². The molecule has 2 aromatic rings. The molecule has 0 fully saturated rings. The molecule has 1 aromatic heterocycles. The molecule has 0 saturated heterocycles. The molecule has 1 atom stereocenters. The number of nitrogens with zero attached hydrogens (tertiary/aromatic N) is 1. The summed E-state index contributed by atoms with van der Waals surface area (Å²) in [5.74, 6) is 0.961. The number of halogens is 1. The van der Waals surface area contributed by atoms with Crippen molar-refractivity contribution in [3.8, 4) is 0 Å². The molecule has 3 nitrogen and oxygen atoms in total. The number of benzene rings is 1. The molecular formula is C13H16ClN3. The zero-order chi connectivity index (χ0) is 12.1. The molecule has 90 valence electrons. The first-order valence-electron chi connectivity index (χ1n) is 5.70. The largest absolute Gasteiger partial charge is 0.348 e. The predicted molar refractivity (Wildman–Crippen MR) is 70.0 cm³/mol. The van der Waals surface area contributed by atoms with Crippen molar-refractivity contribution in [1.82, 2.24) is 15.3 Å². The van der Waals surface area contributed by atoms with E-state index in [-0.39, 0.29) is 0 Å². The highest BCUT2D eigenvalue weighted by atomic mass is 35.5. The molecule has 2 rings (SSSR count). The minimum absolute atomic E-state index is 0.388. The van der Waals surface area contributed by atoms with Crippen molar-refractivity contribution in [3.63, 3.8) is 0 Å². The maximum atomic E-state index is 5.95. The zero-order valence-corrected chi connectivity index (χ0v) is 10.5. The second-order valence-corrected chi connectivity index (χ2v) is 4.59. The van der Waals surface area contributed by atoms with E-state index in [2.05, 4.69) is 28.3 Å². The molecule has 0 aliphatic rings. The fraction of sp³-hybridized carbons (Fsp3) is 0.308. The third kappa shape index (κ3) is 3.88. The van der Waals surface area contributed by atoms with Crippen molar-refractivity contribution in [2.24, 2.45) is 0 Å². The van der Waals surface area contributed by atoms with E-state index in [1.54, 1.807) is 6.20 Å². The van der Waals surface area contributed by atoms with Gasteiger partial charge in [0, 0.05) is 23.5 Å². The van der Waals surface area contributed by atoms with E-state index in [0.29, 0.717) is 6.04 Å². The van der Waals surface area contributed by atoms with Crippen LogP contribution >= 0.6 is 11.6 Å². The van der Waals surface area contributed by atoms with Gasteiger partial charge in [-0.2, -0.15) is 0 Å². The minimum Gasteiger partial charge on any atom is -0.348 e. The average molecular weight is 250 g/mol. The first-order chi connectivity index (χ1) is 8.24. The van der Waals surface area contributed by atoms with Crippen molar-refractivity contribution in [3.05, 3.63) is 53.1 Å². The van der Waals surface area contributed by atoms with Crippen LogP contribution in [0, 0.1) is 0 Å². The second-order valence-electron chi connectivity index (χ2n) is 4.15. The first-order valence-corrected chi connectivity index (χ1v) is 6.08. The topological polar surface area (TPSA) is 40.7 Å². The molecule has 17 heavy (non-hydrogen) atoms. The normalized spacial score (nSPS) is 12.6. The molecule has 2 N–H and O–H groups in total. The Kier molecular flexibility index (Phi) is 4.18. The van der Waals surface area contributed by atoms with Crippen molar-refractivity contribution in [2.75, 3.05) is 0 Å². The molecule has 0 bridgehead atoms. The number of rotatable bonds is 5. The molecular weight excluding hydrogens is 234 g/mol. The lowest BCUT2D eigenvalue weighted by Gasteiger charge is -2.13. The molecule has 0 spiro atoms. The van der Waals surface area contributed by atoms with E-state index in [4.69, 9.17) is 11.6 Å². The highest BCUT2D eigenvalue weighted by Gasteiger charge is 2.04. The highest BCUT2D eigenvalue weighted by molar-refractivity contribution is 6.30. The van der Waals surface area contributed by atoms with Crippen LogP contribution in [0.3, 0.4) is 0 Å². The summed E-state index contributed by atoms with van der Waals surface area (Å²) in [6, 6.07) is 8.37. The van der Waals surface area contributed by atoms with Crippen LogP contribution in [0.2, 0.25) is 5.02 Å². The number of aromatic nitrogens is 2. The van der Waals surface area contributed by atoms with E-state index >= 15 is 0 Å². The smallest absolute Gasteiger partial charge is 0.120 e. The Morgan fingerprint density at radius 3 is 3.06 bits per heavy atom. The van der Waals surface area contributed by atoms with Crippen molar-refractivity contribution < 1.29 is 0 Å². The van der Waals surface area contributed by atoms with Gasteiger partial charge in [0.25, 0.3) is 0 Å². The van der Waals surface area contributed by atoms with Crippen LogP contribution < -0.4 is 5.32 Å². The fourth-order valence-corrected chi connectivity index (χ4v) is 1.97. The van der Waals surface area contributed by atoms with Crippen LogP contribution in [0.1, 0.15) is 18.3 Å². The third-order valence-electron chi connectivity index (χ3n) is 2.60. The van der Waals surface area contributed by atoms with Gasteiger partial charge < -0.3 is 10.3 Å². The first kappa shape index (κ1) is 12.1. The summed E-state index contributed by atoms with van der Waals surface area (Å²) in [4.78, 5) is 7.24. The van der Waals surface area contributed by atoms with Gasteiger partial charge >= 0.3 is 0 Å². The quantitative estimate of drug-likeness (QED) is 0.856. The minimum atomic E-state index is 0.388. The molecule has 0 aliphatic heterocycles. The molecule has 1 heterocycles. The van der Waals surface area contributed by atoms with Gasteiger partial charge in [0.05, 0.1) is 6.54 Å². The van der Waals surface area contributed by atoms with Crippen molar-refractivity contribution >= 4 is 11.6 Å². The second kappa shape index (κ2) is 5.84. The van der Waals surface area contributed by atoms with E-state index in [0.717, 1.165) is 23.8 Å². The molecule has 0 amide bonds. The number of nitrogens with one attached hydrogen (secondary N) is 2. The van der Waals surface area contributed by atoms with Gasteiger partial charge in [-0.25, -0.2) is 4.98 Å². The van der Waals surface area contributed by atoms with Crippen molar-refractivity contribution in [2.45, 2.75) is 25.9 Å². The van der Waals surface area contributed by atoms with Gasteiger partial charge in [-0.05, 0) is 31.0 Å². The summed E-state index contributed by atoms with van der Waals surface area (Å²) in [5, 5.41) is 4.21. The lowest BCUT2D eigenvalue weighted by Crippen LogP contribution is -2.28. The van der Waals surface area contributed by atoms with Crippen LogP contribution in [0.15, 0.2) is 36.7 Å². The Bertz CT molecular complexity index is 453. The molecule has 1 aromatic carbocycles. The monoisotopic (exact) mass is 249 g/mol.